The topological polar surface area (TPSA) is 115 Å². The Morgan fingerprint density at radius 1 is 1.20 bits per heavy atom. The minimum Gasteiger partial charge on any atom is -0.326 e. The van der Waals surface area contributed by atoms with Crippen molar-refractivity contribution in [3.05, 3.63) is 24.3 Å². The number of carbonyl (C=O) groups excluding carboxylic acids is 1. The lowest BCUT2D eigenvalue weighted by Crippen LogP contribution is -2.53. The van der Waals surface area contributed by atoms with Crippen LogP contribution in [0, 0.1) is 5.41 Å². The molecule has 0 radical (unpaired) electrons. The normalized spacial score (nSPS) is 13.1. The van der Waals surface area contributed by atoms with Gasteiger partial charge in [-0.25, -0.2) is 13.6 Å². The van der Waals surface area contributed by atoms with Gasteiger partial charge in [0.15, 0.2) is 0 Å². The predicted octanol–water partition coefficient (Wildman–Crippen LogP) is 1.04. The van der Waals surface area contributed by atoms with Crippen LogP contribution < -0.4 is 16.2 Å². The van der Waals surface area contributed by atoms with Crippen molar-refractivity contribution in [2.75, 3.05) is 5.32 Å². The first-order valence-electron chi connectivity index (χ1n) is 6.09. The molecule has 0 spiro atoms. The number of benzene rings is 1. The van der Waals surface area contributed by atoms with Gasteiger partial charge >= 0.3 is 0 Å². The molecule has 0 aliphatic rings. The number of anilines is 1. The lowest BCUT2D eigenvalue weighted by atomic mass is 9.74. The molecule has 5 N–H and O–H groups in total. The van der Waals surface area contributed by atoms with Gasteiger partial charge in [0.1, 0.15) is 0 Å². The quantitative estimate of drug-likeness (QED) is 0.770. The molecule has 0 saturated carbocycles. The largest absolute Gasteiger partial charge is 0.326 e. The molecule has 0 atom stereocenters. The Kier molecular flexibility index (Phi) is 4.28. The molecule has 1 aromatic carbocycles. The third-order valence-electron chi connectivity index (χ3n) is 3.60. The average Bonchev–Trinajstić information content (AvgIpc) is 2.26. The van der Waals surface area contributed by atoms with E-state index >= 15 is 0 Å². The van der Waals surface area contributed by atoms with Crippen molar-refractivity contribution in [2.45, 2.75) is 38.1 Å². The first-order valence-corrected chi connectivity index (χ1v) is 7.63. The zero-order valence-electron chi connectivity index (χ0n) is 12.1. The molecule has 1 amide bonds. The van der Waals surface area contributed by atoms with E-state index in [2.05, 4.69) is 5.32 Å². The molecule has 1 rings (SSSR count). The van der Waals surface area contributed by atoms with E-state index in [9.17, 15) is 13.2 Å². The predicted molar refractivity (Wildman–Crippen MR) is 78.5 cm³/mol. The van der Waals surface area contributed by atoms with Gasteiger partial charge < -0.3 is 11.1 Å². The fourth-order valence-electron chi connectivity index (χ4n) is 1.33. The molecule has 0 heterocycles. The summed E-state index contributed by atoms with van der Waals surface area (Å²) in [5, 5.41) is 7.71. The van der Waals surface area contributed by atoms with E-state index in [0.717, 1.165) is 0 Å². The van der Waals surface area contributed by atoms with Gasteiger partial charge in [-0.1, -0.05) is 6.07 Å². The number of sulfonamides is 1. The summed E-state index contributed by atoms with van der Waals surface area (Å²) in [6.07, 6.45) is 0. The third kappa shape index (κ3) is 3.56. The number of nitrogens with two attached hydrogens (primary N) is 2. The van der Waals surface area contributed by atoms with Crippen molar-refractivity contribution in [3.8, 4) is 0 Å². The Morgan fingerprint density at radius 2 is 1.75 bits per heavy atom. The van der Waals surface area contributed by atoms with Crippen LogP contribution >= 0.6 is 0 Å². The number of amides is 1. The molecule has 20 heavy (non-hydrogen) atoms. The van der Waals surface area contributed by atoms with Gasteiger partial charge in [0.2, 0.25) is 15.9 Å². The Bertz CT molecular complexity index is 616. The van der Waals surface area contributed by atoms with Gasteiger partial charge in [0.25, 0.3) is 0 Å². The molecular formula is C13H21N3O3S. The Hall–Kier alpha value is -1.44. The van der Waals surface area contributed by atoms with Crippen LogP contribution in [-0.4, -0.2) is 19.9 Å². The molecule has 0 fully saturated rings. The van der Waals surface area contributed by atoms with E-state index in [1.807, 2.05) is 0 Å². The van der Waals surface area contributed by atoms with E-state index in [1.54, 1.807) is 33.8 Å². The maximum absolute atomic E-state index is 12.3. The lowest BCUT2D eigenvalue weighted by molar-refractivity contribution is -0.126. The monoisotopic (exact) mass is 299 g/mol. The van der Waals surface area contributed by atoms with Crippen LogP contribution in [0.25, 0.3) is 0 Å². The summed E-state index contributed by atoms with van der Waals surface area (Å²) in [6, 6.07) is 5.78. The molecule has 0 saturated heterocycles. The van der Waals surface area contributed by atoms with Gasteiger partial charge in [0.05, 0.1) is 10.3 Å². The smallest absolute Gasteiger partial charge is 0.238 e. The maximum Gasteiger partial charge on any atom is 0.238 e. The Labute approximate surface area is 119 Å². The van der Waals surface area contributed by atoms with Crippen molar-refractivity contribution in [1.29, 1.82) is 0 Å². The van der Waals surface area contributed by atoms with Crippen LogP contribution in [0.2, 0.25) is 0 Å². The zero-order valence-corrected chi connectivity index (χ0v) is 12.9. The van der Waals surface area contributed by atoms with Gasteiger partial charge in [-0.2, -0.15) is 0 Å². The molecular weight excluding hydrogens is 278 g/mol. The molecule has 0 aromatic heterocycles. The Morgan fingerprint density at radius 3 is 2.20 bits per heavy atom. The van der Waals surface area contributed by atoms with Gasteiger partial charge in [-0.3, -0.25) is 4.79 Å². The van der Waals surface area contributed by atoms with Crippen molar-refractivity contribution < 1.29 is 13.2 Å². The number of hydrogen-bond donors (Lipinski definition) is 3. The molecule has 6 nitrogen and oxygen atoms in total. The van der Waals surface area contributed by atoms with E-state index in [-0.39, 0.29) is 10.8 Å². The summed E-state index contributed by atoms with van der Waals surface area (Å²) in [7, 11) is -3.80. The van der Waals surface area contributed by atoms with Crippen LogP contribution in [0.4, 0.5) is 5.69 Å². The number of rotatable bonds is 4. The van der Waals surface area contributed by atoms with Crippen molar-refractivity contribution >= 4 is 21.6 Å². The summed E-state index contributed by atoms with van der Waals surface area (Å²) < 4.78 is 22.5. The first kappa shape index (κ1) is 16.6. The second-order valence-corrected chi connectivity index (χ2v) is 7.44. The average molecular weight is 299 g/mol. The van der Waals surface area contributed by atoms with Gasteiger partial charge in [-0.15, -0.1) is 0 Å². The molecule has 0 aliphatic carbocycles. The molecule has 0 bridgehead atoms. The Balaban J connectivity index is 3.04. The molecule has 7 heteroatoms. The standard InChI is InChI=1S/C13H21N3O3S/c1-12(2,13(3,4)14)11(17)16-9-6-5-7-10(8-9)20(15,18)19/h5-8H,14H2,1-4H3,(H,16,17)(H2,15,18,19). The summed E-state index contributed by atoms with van der Waals surface area (Å²) >= 11 is 0. The number of nitrogens with one attached hydrogen (secondary N) is 1. The van der Waals surface area contributed by atoms with Crippen LogP contribution in [0.1, 0.15) is 27.7 Å². The molecule has 0 aliphatic heterocycles. The second-order valence-electron chi connectivity index (χ2n) is 5.87. The minimum atomic E-state index is -3.80. The molecule has 112 valence electrons. The third-order valence-corrected chi connectivity index (χ3v) is 4.51. The van der Waals surface area contributed by atoms with E-state index < -0.39 is 21.0 Å². The summed E-state index contributed by atoms with van der Waals surface area (Å²) in [4.78, 5) is 12.2. The van der Waals surface area contributed by atoms with Crippen molar-refractivity contribution in [1.82, 2.24) is 0 Å². The first-order chi connectivity index (χ1) is 8.85. The fourth-order valence-corrected chi connectivity index (χ4v) is 1.89. The van der Waals surface area contributed by atoms with Crippen molar-refractivity contribution in [3.63, 3.8) is 0 Å². The van der Waals surface area contributed by atoms with Gasteiger partial charge in [0, 0.05) is 11.2 Å². The number of carbonyl (C=O) groups is 1. The van der Waals surface area contributed by atoms with Crippen LogP contribution in [0.3, 0.4) is 0 Å². The lowest BCUT2D eigenvalue weighted by Gasteiger charge is -2.36. The SMILES string of the molecule is CC(C)(N)C(C)(C)C(=O)Nc1cccc(S(N)(=O)=O)c1. The van der Waals surface area contributed by atoms with E-state index in [1.165, 1.54) is 18.2 Å². The summed E-state index contributed by atoms with van der Waals surface area (Å²) in [5.74, 6) is -0.295. The molecule has 0 unspecified atom stereocenters. The highest BCUT2D eigenvalue weighted by Crippen LogP contribution is 2.30. The number of primary sulfonamides is 1. The fraction of sp³-hybridized carbons (Fsp3) is 0.462. The van der Waals surface area contributed by atoms with Gasteiger partial charge in [-0.05, 0) is 45.9 Å². The second kappa shape index (κ2) is 5.16. The summed E-state index contributed by atoms with van der Waals surface area (Å²) in [6.45, 7) is 6.97. The van der Waals surface area contributed by atoms with E-state index in [0.29, 0.717) is 5.69 Å². The maximum atomic E-state index is 12.3. The van der Waals surface area contributed by atoms with Crippen molar-refractivity contribution in [2.24, 2.45) is 16.3 Å². The zero-order chi connectivity index (χ0) is 15.8. The summed E-state index contributed by atoms with van der Waals surface area (Å²) in [5.41, 5.74) is 4.79. The van der Waals surface area contributed by atoms with Crippen LogP contribution in [-0.2, 0) is 14.8 Å². The highest BCUT2D eigenvalue weighted by molar-refractivity contribution is 7.89. The highest BCUT2D eigenvalue weighted by atomic mass is 32.2. The number of hydrogen-bond acceptors (Lipinski definition) is 4. The van der Waals surface area contributed by atoms with Crippen LogP contribution in [0.15, 0.2) is 29.2 Å². The minimum absolute atomic E-state index is 0.0554. The van der Waals surface area contributed by atoms with E-state index in [4.69, 9.17) is 10.9 Å². The van der Waals surface area contributed by atoms with Crippen LogP contribution in [0.5, 0.6) is 0 Å². The molecule has 1 aromatic rings. The highest BCUT2D eigenvalue weighted by Gasteiger charge is 2.40.